The highest BCUT2D eigenvalue weighted by atomic mass is 32.2. The molecule has 5 heteroatoms. The second-order valence-corrected chi connectivity index (χ2v) is 4.71. The average molecular weight is 240 g/mol. The maximum atomic E-state index is 5.39. The fraction of sp³-hybridized carbons (Fsp3) is 0.636. The second-order valence-electron chi connectivity index (χ2n) is 3.61. The Kier molecular flexibility index (Phi) is 6.18. The maximum Gasteiger partial charge on any atom is 0.143 e. The molecule has 1 rings (SSSR count). The maximum absolute atomic E-state index is 5.39. The molecule has 0 bridgehead atoms. The van der Waals surface area contributed by atoms with E-state index in [0.29, 0.717) is 5.82 Å². The highest BCUT2D eigenvalue weighted by Crippen LogP contribution is 2.13. The van der Waals surface area contributed by atoms with Crippen molar-refractivity contribution in [3.8, 4) is 0 Å². The lowest BCUT2D eigenvalue weighted by Crippen LogP contribution is -2.11. The van der Waals surface area contributed by atoms with Crippen molar-refractivity contribution in [3.05, 3.63) is 17.6 Å². The van der Waals surface area contributed by atoms with Crippen molar-refractivity contribution in [2.24, 2.45) is 5.84 Å². The van der Waals surface area contributed by atoms with Gasteiger partial charge in [0.1, 0.15) is 11.6 Å². The summed E-state index contributed by atoms with van der Waals surface area (Å²) in [6, 6.07) is 1.91. The van der Waals surface area contributed by atoms with E-state index in [0.717, 1.165) is 35.9 Å². The number of aromatic nitrogens is 2. The summed E-state index contributed by atoms with van der Waals surface area (Å²) in [7, 11) is 0. The molecule has 0 aliphatic carbocycles. The van der Waals surface area contributed by atoms with Crippen molar-refractivity contribution < 1.29 is 0 Å². The first kappa shape index (κ1) is 13.3. The standard InChI is InChI=1S/C11H20N4S/c1-3-5-9-7-10(15-12)14-11(13-9)8-16-6-4-2/h7H,3-6,8,12H2,1-2H3,(H,13,14,15). The molecular formula is C11H20N4S. The Bertz CT molecular complexity index is 317. The molecule has 16 heavy (non-hydrogen) atoms. The van der Waals surface area contributed by atoms with Gasteiger partial charge in [-0.05, 0) is 18.6 Å². The van der Waals surface area contributed by atoms with E-state index in [-0.39, 0.29) is 0 Å². The predicted molar refractivity (Wildman–Crippen MR) is 70.3 cm³/mol. The third-order valence-corrected chi connectivity index (χ3v) is 3.22. The van der Waals surface area contributed by atoms with E-state index < -0.39 is 0 Å². The van der Waals surface area contributed by atoms with Gasteiger partial charge >= 0.3 is 0 Å². The summed E-state index contributed by atoms with van der Waals surface area (Å²) in [5.41, 5.74) is 3.66. The van der Waals surface area contributed by atoms with Crippen LogP contribution in [0.25, 0.3) is 0 Å². The van der Waals surface area contributed by atoms with Crippen LogP contribution >= 0.6 is 11.8 Å². The van der Waals surface area contributed by atoms with Crippen LogP contribution in [0.5, 0.6) is 0 Å². The smallest absolute Gasteiger partial charge is 0.143 e. The van der Waals surface area contributed by atoms with Crippen LogP contribution in [0.4, 0.5) is 5.82 Å². The molecule has 0 aliphatic rings. The Morgan fingerprint density at radius 3 is 2.75 bits per heavy atom. The predicted octanol–water partition coefficient (Wildman–Crippen LogP) is 2.36. The molecule has 0 spiro atoms. The van der Waals surface area contributed by atoms with E-state index in [1.165, 1.54) is 6.42 Å². The van der Waals surface area contributed by atoms with Gasteiger partial charge in [-0.15, -0.1) is 0 Å². The lowest BCUT2D eigenvalue weighted by atomic mass is 10.2. The number of hydrazine groups is 1. The van der Waals surface area contributed by atoms with E-state index in [9.17, 15) is 0 Å². The molecule has 3 N–H and O–H groups in total. The van der Waals surface area contributed by atoms with Gasteiger partial charge in [0.25, 0.3) is 0 Å². The van der Waals surface area contributed by atoms with Crippen molar-refractivity contribution in [1.29, 1.82) is 0 Å². The summed E-state index contributed by atoms with van der Waals surface area (Å²) in [5.74, 6) is 8.98. The minimum absolute atomic E-state index is 0.713. The molecule has 0 aliphatic heterocycles. The first-order valence-electron chi connectivity index (χ1n) is 5.71. The van der Waals surface area contributed by atoms with E-state index in [2.05, 4.69) is 29.2 Å². The van der Waals surface area contributed by atoms with Crippen LogP contribution in [-0.2, 0) is 12.2 Å². The molecule has 1 heterocycles. The SMILES string of the molecule is CCCSCc1nc(CCC)cc(NN)n1. The molecule has 0 aromatic carbocycles. The van der Waals surface area contributed by atoms with Gasteiger partial charge < -0.3 is 5.43 Å². The zero-order chi connectivity index (χ0) is 11.8. The molecule has 90 valence electrons. The minimum atomic E-state index is 0.713. The normalized spacial score (nSPS) is 10.4. The first-order valence-corrected chi connectivity index (χ1v) is 6.86. The van der Waals surface area contributed by atoms with Crippen LogP contribution in [0, 0.1) is 0 Å². The lowest BCUT2D eigenvalue weighted by molar-refractivity contribution is 0.853. The van der Waals surface area contributed by atoms with E-state index >= 15 is 0 Å². The summed E-state index contributed by atoms with van der Waals surface area (Å²) in [6.45, 7) is 4.32. The molecule has 0 amide bonds. The molecule has 0 unspecified atom stereocenters. The Hall–Kier alpha value is -0.810. The molecule has 0 fully saturated rings. The number of anilines is 1. The highest BCUT2D eigenvalue weighted by molar-refractivity contribution is 7.98. The number of nitrogen functional groups attached to an aromatic ring is 1. The van der Waals surface area contributed by atoms with Crippen molar-refractivity contribution in [1.82, 2.24) is 9.97 Å². The van der Waals surface area contributed by atoms with Crippen molar-refractivity contribution in [3.63, 3.8) is 0 Å². The zero-order valence-electron chi connectivity index (χ0n) is 9.99. The molecule has 1 aromatic rings. The first-order chi connectivity index (χ1) is 7.80. The Morgan fingerprint density at radius 1 is 1.31 bits per heavy atom. The number of nitrogens with one attached hydrogen (secondary N) is 1. The van der Waals surface area contributed by atoms with Gasteiger partial charge in [0.2, 0.25) is 0 Å². The Morgan fingerprint density at radius 2 is 2.12 bits per heavy atom. The zero-order valence-corrected chi connectivity index (χ0v) is 10.8. The fourth-order valence-electron chi connectivity index (χ4n) is 1.38. The third-order valence-electron chi connectivity index (χ3n) is 2.06. The van der Waals surface area contributed by atoms with Gasteiger partial charge in [0.15, 0.2) is 0 Å². The Balaban J connectivity index is 2.69. The Labute approximate surface area is 101 Å². The average Bonchev–Trinajstić information content (AvgIpc) is 2.29. The number of thioether (sulfide) groups is 1. The van der Waals surface area contributed by atoms with Crippen molar-refractivity contribution in [2.75, 3.05) is 11.2 Å². The summed E-state index contributed by atoms with van der Waals surface area (Å²) in [4.78, 5) is 8.85. The van der Waals surface area contributed by atoms with Gasteiger partial charge in [-0.1, -0.05) is 20.3 Å². The van der Waals surface area contributed by atoms with E-state index in [1.54, 1.807) is 0 Å². The van der Waals surface area contributed by atoms with Crippen molar-refractivity contribution >= 4 is 17.6 Å². The number of rotatable bonds is 7. The van der Waals surface area contributed by atoms with Gasteiger partial charge in [0, 0.05) is 11.8 Å². The van der Waals surface area contributed by atoms with Crippen LogP contribution in [-0.4, -0.2) is 15.7 Å². The van der Waals surface area contributed by atoms with Gasteiger partial charge in [-0.2, -0.15) is 11.8 Å². The van der Waals surface area contributed by atoms with E-state index in [1.807, 2.05) is 17.8 Å². The van der Waals surface area contributed by atoms with Gasteiger partial charge in [0.05, 0.1) is 5.75 Å². The molecule has 0 radical (unpaired) electrons. The summed E-state index contributed by atoms with van der Waals surface area (Å²) >= 11 is 1.86. The van der Waals surface area contributed by atoms with Crippen molar-refractivity contribution in [2.45, 2.75) is 38.9 Å². The summed E-state index contributed by atoms with van der Waals surface area (Å²) in [5, 5.41) is 0. The number of nitrogens with two attached hydrogens (primary N) is 1. The van der Waals surface area contributed by atoms with E-state index in [4.69, 9.17) is 5.84 Å². The molecule has 4 nitrogen and oxygen atoms in total. The summed E-state index contributed by atoms with van der Waals surface area (Å²) in [6.07, 6.45) is 3.24. The van der Waals surface area contributed by atoms with Gasteiger partial charge in [-0.3, -0.25) is 0 Å². The van der Waals surface area contributed by atoms with Gasteiger partial charge in [-0.25, -0.2) is 15.8 Å². The second kappa shape index (κ2) is 7.46. The van der Waals surface area contributed by atoms with Crippen LogP contribution in [0.2, 0.25) is 0 Å². The number of hydrogen-bond donors (Lipinski definition) is 2. The molecule has 0 saturated heterocycles. The molecule has 1 aromatic heterocycles. The molecular weight excluding hydrogens is 220 g/mol. The number of nitrogens with zero attached hydrogens (tertiary/aromatic N) is 2. The molecule has 0 saturated carbocycles. The highest BCUT2D eigenvalue weighted by Gasteiger charge is 2.03. The minimum Gasteiger partial charge on any atom is -0.308 e. The quantitative estimate of drug-likeness (QED) is 0.435. The third kappa shape index (κ3) is 4.37. The number of hydrogen-bond acceptors (Lipinski definition) is 5. The monoisotopic (exact) mass is 240 g/mol. The summed E-state index contributed by atoms with van der Waals surface area (Å²) < 4.78 is 0. The fourth-order valence-corrected chi connectivity index (χ4v) is 2.13. The van der Waals surface area contributed by atoms with Crippen LogP contribution in [0.15, 0.2) is 6.07 Å². The molecule has 0 atom stereocenters. The number of aryl methyl sites for hydroxylation is 1. The van der Waals surface area contributed by atoms with Crippen LogP contribution in [0.3, 0.4) is 0 Å². The van der Waals surface area contributed by atoms with Crippen LogP contribution < -0.4 is 11.3 Å². The van der Waals surface area contributed by atoms with Crippen LogP contribution in [0.1, 0.15) is 38.2 Å². The lowest BCUT2D eigenvalue weighted by Gasteiger charge is -2.06. The topological polar surface area (TPSA) is 63.8 Å². The largest absolute Gasteiger partial charge is 0.308 e.